The molecule has 8 heteroatoms. The molecule has 0 bridgehead atoms. The zero-order chi connectivity index (χ0) is 20.0. The lowest BCUT2D eigenvalue weighted by Gasteiger charge is -2.33. The van der Waals surface area contributed by atoms with Crippen LogP contribution in [0.1, 0.15) is 46.1 Å². The molecule has 1 aliphatic heterocycles. The highest BCUT2D eigenvalue weighted by Gasteiger charge is 2.23. The lowest BCUT2D eigenvalue weighted by Crippen LogP contribution is -2.46. The van der Waals surface area contributed by atoms with Crippen LogP contribution in [0.4, 0.5) is 0 Å². The van der Waals surface area contributed by atoms with Crippen LogP contribution in [-0.4, -0.2) is 56.3 Å². The van der Waals surface area contributed by atoms with E-state index in [2.05, 4.69) is 24.1 Å². The summed E-state index contributed by atoms with van der Waals surface area (Å²) in [5.74, 6) is 1.63. The second-order valence-corrected chi connectivity index (χ2v) is 9.62. The minimum absolute atomic E-state index is 0. The number of nitrogens with zero attached hydrogens (tertiary/aromatic N) is 3. The Balaban J connectivity index is 0.00000392. The third kappa shape index (κ3) is 6.59. The number of hydrogen-bond acceptors (Lipinski definition) is 3. The maximum atomic E-state index is 12.6. The van der Waals surface area contributed by atoms with Crippen molar-refractivity contribution in [1.29, 1.82) is 0 Å². The predicted octanol–water partition coefficient (Wildman–Crippen LogP) is 3.53. The van der Waals surface area contributed by atoms with E-state index in [1.807, 2.05) is 26.0 Å². The molecule has 2 rings (SSSR count). The largest absolute Gasteiger partial charge is 0.357 e. The average Bonchev–Trinajstić information content (AvgIpc) is 2.64. The third-order valence-corrected chi connectivity index (χ3v) is 7.08. The van der Waals surface area contributed by atoms with E-state index >= 15 is 0 Å². The maximum absolute atomic E-state index is 12.6. The highest BCUT2D eigenvalue weighted by Crippen LogP contribution is 2.18. The van der Waals surface area contributed by atoms with Gasteiger partial charge in [0.05, 0.1) is 11.4 Å². The molecule has 0 spiro atoms. The summed E-state index contributed by atoms with van der Waals surface area (Å²) in [5.41, 5.74) is 1.00. The van der Waals surface area contributed by atoms with Gasteiger partial charge in [-0.1, -0.05) is 19.1 Å². The molecular weight excluding hydrogens is 487 g/mol. The monoisotopic (exact) mass is 522 g/mol. The topological polar surface area (TPSA) is 65.0 Å². The SMILES string of the molecule is CCNC(=NCc1ccc(S(=O)(=O)N(C)C(C)C)cc1)N1CCCC(C)C1.I. The van der Waals surface area contributed by atoms with E-state index in [-0.39, 0.29) is 30.0 Å². The van der Waals surface area contributed by atoms with Crippen molar-refractivity contribution in [3.8, 4) is 0 Å². The van der Waals surface area contributed by atoms with Crippen molar-refractivity contribution in [2.75, 3.05) is 26.7 Å². The number of aliphatic imine (C=N–C) groups is 1. The number of halogens is 1. The van der Waals surface area contributed by atoms with E-state index in [9.17, 15) is 8.42 Å². The first-order valence-corrected chi connectivity index (χ1v) is 11.3. The summed E-state index contributed by atoms with van der Waals surface area (Å²) < 4.78 is 26.5. The van der Waals surface area contributed by atoms with Crippen molar-refractivity contribution in [3.05, 3.63) is 29.8 Å². The van der Waals surface area contributed by atoms with E-state index in [1.165, 1.54) is 17.1 Å². The van der Waals surface area contributed by atoms with Crippen LogP contribution in [0.25, 0.3) is 0 Å². The van der Waals surface area contributed by atoms with Gasteiger partial charge < -0.3 is 10.2 Å². The molecule has 1 heterocycles. The van der Waals surface area contributed by atoms with Crippen LogP contribution in [-0.2, 0) is 16.6 Å². The van der Waals surface area contributed by atoms with Gasteiger partial charge in [-0.25, -0.2) is 13.4 Å². The smallest absolute Gasteiger partial charge is 0.243 e. The van der Waals surface area contributed by atoms with Gasteiger partial charge in [0.2, 0.25) is 10.0 Å². The van der Waals surface area contributed by atoms with E-state index < -0.39 is 10.0 Å². The number of guanidine groups is 1. The van der Waals surface area contributed by atoms with Gasteiger partial charge in [0.1, 0.15) is 0 Å². The van der Waals surface area contributed by atoms with Crippen LogP contribution in [0.5, 0.6) is 0 Å². The normalized spacial score (nSPS) is 18.3. The molecule has 28 heavy (non-hydrogen) atoms. The molecule has 1 unspecified atom stereocenters. The van der Waals surface area contributed by atoms with Crippen LogP contribution in [0.3, 0.4) is 0 Å². The lowest BCUT2D eigenvalue weighted by molar-refractivity contribution is 0.266. The standard InChI is InChI=1S/C20H34N4O2S.HI/c1-6-21-20(24-13-7-8-17(4)15-24)22-14-18-9-11-19(12-10-18)27(25,26)23(5)16(2)3;/h9-12,16-17H,6-8,13-15H2,1-5H3,(H,21,22);1H. The predicted molar refractivity (Wildman–Crippen MR) is 127 cm³/mol. The highest BCUT2D eigenvalue weighted by molar-refractivity contribution is 14.0. The van der Waals surface area contributed by atoms with Crippen LogP contribution in [0.2, 0.25) is 0 Å². The maximum Gasteiger partial charge on any atom is 0.243 e. The number of benzene rings is 1. The van der Waals surface area contributed by atoms with Crippen molar-refractivity contribution in [3.63, 3.8) is 0 Å². The molecule has 0 saturated carbocycles. The molecule has 1 aromatic rings. The average molecular weight is 522 g/mol. The summed E-state index contributed by atoms with van der Waals surface area (Å²) in [6.45, 7) is 11.5. The Morgan fingerprint density at radius 2 is 1.96 bits per heavy atom. The van der Waals surface area contributed by atoms with Gasteiger partial charge in [-0.05, 0) is 57.2 Å². The fraction of sp³-hybridized carbons (Fsp3) is 0.650. The summed E-state index contributed by atoms with van der Waals surface area (Å²) in [6, 6.07) is 6.98. The van der Waals surface area contributed by atoms with Crippen molar-refractivity contribution < 1.29 is 8.42 Å². The third-order valence-electron chi connectivity index (χ3n) is 5.03. The fourth-order valence-electron chi connectivity index (χ4n) is 3.18. The zero-order valence-electron chi connectivity index (χ0n) is 17.7. The highest BCUT2D eigenvalue weighted by atomic mass is 127. The molecule has 0 amide bonds. The molecule has 0 aromatic heterocycles. The second kappa shape index (κ2) is 11.3. The molecule has 1 fully saturated rings. The summed E-state index contributed by atoms with van der Waals surface area (Å²) in [6.07, 6.45) is 2.47. The Labute approximate surface area is 187 Å². The molecule has 1 saturated heterocycles. The summed E-state index contributed by atoms with van der Waals surface area (Å²) in [7, 11) is -1.83. The van der Waals surface area contributed by atoms with Crippen LogP contribution < -0.4 is 5.32 Å². The van der Waals surface area contributed by atoms with Gasteiger partial charge >= 0.3 is 0 Å². The van der Waals surface area contributed by atoms with Gasteiger partial charge in [0.15, 0.2) is 5.96 Å². The molecule has 1 N–H and O–H groups in total. The Morgan fingerprint density at radius 1 is 1.32 bits per heavy atom. The summed E-state index contributed by atoms with van der Waals surface area (Å²) in [5, 5.41) is 3.38. The van der Waals surface area contributed by atoms with Gasteiger partial charge in [-0.15, -0.1) is 24.0 Å². The van der Waals surface area contributed by atoms with Gasteiger partial charge in [-0.2, -0.15) is 4.31 Å². The first kappa shape index (κ1) is 25.2. The lowest BCUT2D eigenvalue weighted by atomic mass is 10.0. The molecule has 1 aromatic carbocycles. The number of piperidine rings is 1. The second-order valence-electron chi connectivity index (χ2n) is 7.62. The number of likely N-dealkylation sites (tertiary alicyclic amines) is 1. The van der Waals surface area contributed by atoms with Gasteiger partial charge in [0.25, 0.3) is 0 Å². The van der Waals surface area contributed by atoms with Crippen LogP contribution >= 0.6 is 24.0 Å². The summed E-state index contributed by atoms with van der Waals surface area (Å²) in [4.78, 5) is 7.42. The molecule has 1 atom stereocenters. The molecule has 160 valence electrons. The van der Waals surface area contributed by atoms with Crippen LogP contribution in [0, 0.1) is 5.92 Å². The molecule has 0 aliphatic carbocycles. The Hall–Kier alpha value is -0.870. The molecule has 6 nitrogen and oxygen atoms in total. The van der Waals surface area contributed by atoms with Crippen LogP contribution in [0.15, 0.2) is 34.2 Å². The van der Waals surface area contributed by atoms with E-state index in [0.29, 0.717) is 17.4 Å². The van der Waals surface area contributed by atoms with Crippen molar-refractivity contribution >= 4 is 40.0 Å². The summed E-state index contributed by atoms with van der Waals surface area (Å²) >= 11 is 0. The molecule has 0 radical (unpaired) electrons. The van der Waals surface area contributed by atoms with E-state index in [1.54, 1.807) is 19.2 Å². The quantitative estimate of drug-likeness (QED) is 0.353. The van der Waals surface area contributed by atoms with Gasteiger partial charge in [0, 0.05) is 32.7 Å². The van der Waals surface area contributed by atoms with Gasteiger partial charge in [-0.3, -0.25) is 0 Å². The first-order chi connectivity index (χ1) is 12.8. The Morgan fingerprint density at radius 3 is 2.50 bits per heavy atom. The van der Waals surface area contributed by atoms with Crippen molar-refractivity contribution in [1.82, 2.24) is 14.5 Å². The number of hydrogen-bond donors (Lipinski definition) is 1. The first-order valence-electron chi connectivity index (χ1n) is 9.86. The number of nitrogens with one attached hydrogen (secondary N) is 1. The Kier molecular flexibility index (Phi) is 10.2. The minimum Gasteiger partial charge on any atom is -0.357 e. The van der Waals surface area contributed by atoms with E-state index in [4.69, 9.17) is 4.99 Å². The van der Waals surface area contributed by atoms with Crippen molar-refractivity contribution in [2.24, 2.45) is 10.9 Å². The van der Waals surface area contributed by atoms with E-state index in [0.717, 1.165) is 31.2 Å². The zero-order valence-corrected chi connectivity index (χ0v) is 20.8. The molecule has 1 aliphatic rings. The number of rotatable bonds is 6. The van der Waals surface area contributed by atoms with Crippen molar-refractivity contribution in [2.45, 2.75) is 58.0 Å². The number of sulfonamides is 1. The molecular formula is C20H35IN4O2S. The minimum atomic E-state index is -3.44. The Bertz CT molecular complexity index is 735. The fourth-order valence-corrected chi connectivity index (χ4v) is 4.55.